The maximum atomic E-state index is 12.9. The van der Waals surface area contributed by atoms with Crippen molar-refractivity contribution in [1.82, 2.24) is 20.2 Å². The molecule has 3 aliphatic rings. The predicted octanol–water partition coefficient (Wildman–Crippen LogP) is 3.17. The van der Waals surface area contributed by atoms with Crippen LogP contribution in [0.1, 0.15) is 55.8 Å². The number of aromatic nitrogens is 2. The molecule has 1 aromatic carbocycles. The number of likely N-dealkylation sites (N-methyl/N-ethyl adjacent to an activating group) is 1. The molecule has 10 nitrogen and oxygen atoms in total. The summed E-state index contributed by atoms with van der Waals surface area (Å²) in [6.07, 6.45) is 8.05. The van der Waals surface area contributed by atoms with Gasteiger partial charge in [0, 0.05) is 24.7 Å². The molecular weight excluding hydrogens is 470 g/mol. The quantitative estimate of drug-likeness (QED) is 0.615. The molecule has 0 bridgehead atoms. The topological polar surface area (TPSA) is 103 Å². The molecule has 3 heterocycles. The van der Waals surface area contributed by atoms with Crippen LogP contribution in [-0.2, 0) is 4.79 Å². The molecular formula is C27H37N7O3. The molecule has 2 aromatic rings. The Bertz CT molecular complexity index is 1160. The van der Waals surface area contributed by atoms with Gasteiger partial charge in [0.1, 0.15) is 17.5 Å². The van der Waals surface area contributed by atoms with E-state index in [0.29, 0.717) is 34.7 Å². The minimum atomic E-state index is -0.278. The third kappa shape index (κ3) is 5.07. The van der Waals surface area contributed by atoms with E-state index in [1.807, 2.05) is 13.0 Å². The highest BCUT2D eigenvalue weighted by atomic mass is 16.5. The average Bonchev–Trinajstić information content (AvgIpc) is 3.43. The fraction of sp³-hybridized carbons (Fsp3) is 0.556. The van der Waals surface area contributed by atoms with Crippen molar-refractivity contribution in [2.45, 2.75) is 63.6 Å². The van der Waals surface area contributed by atoms with Crippen LogP contribution in [0, 0.1) is 0 Å². The smallest absolute Gasteiger partial charge is 0.251 e. The number of carbonyl (C=O) groups excluding carboxylic acids is 2. The number of fused-ring (bicyclic) bond motifs is 1. The highest BCUT2D eigenvalue weighted by Gasteiger charge is 2.39. The van der Waals surface area contributed by atoms with E-state index in [-0.39, 0.29) is 23.9 Å². The van der Waals surface area contributed by atoms with Crippen LogP contribution in [0.15, 0.2) is 24.4 Å². The van der Waals surface area contributed by atoms with Crippen molar-refractivity contribution in [3.8, 4) is 5.75 Å². The molecule has 0 radical (unpaired) electrons. The second kappa shape index (κ2) is 10.5. The lowest BCUT2D eigenvalue weighted by molar-refractivity contribution is -0.119. The van der Waals surface area contributed by atoms with Gasteiger partial charge in [-0.3, -0.25) is 9.59 Å². The van der Waals surface area contributed by atoms with Gasteiger partial charge < -0.3 is 30.1 Å². The van der Waals surface area contributed by atoms with E-state index in [4.69, 9.17) is 9.72 Å². The van der Waals surface area contributed by atoms with Gasteiger partial charge in [-0.25, -0.2) is 4.98 Å². The van der Waals surface area contributed by atoms with Crippen molar-refractivity contribution in [3.05, 3.63) is 30.0 Å². The Morgan fingerprint density at radius 3 is 2.54 bits per heavy atom. The minimum absolute atomic E-state index is 0.0551. The molecule has 0 unspecified atom stereocenters. The van der Waals surface area contributed by atoms with E-state index in [9.17, 15) is 9.59 Å². The monoisotopic (exact) mass is 507 g/mol. The molecule has 2 fully saturated rings. The van der Waals surface area contributed by atoms with Crippen LogP contribution in [0.25, 0.3) is 0 Å². The number of likely N-dealkylation sites (tertiary alicyclic amines) is 1. The van der Waals surface area contributed by atoms with Gasteiger partial charge in [0.15, 0.2) is 5.82 Å². The van der Waals surface area contributed by atoms with Gasteiger partial charge >= 0.3 is 0 Å². The average molecular weight is 508 g/mol. The predicted molar refractivity (Wildman–Crippen MR) is 144 cm³/mol. The Hall–Kier alpha value is -3.40. The van der Waals surface area contributed by atoms with Gasteiger partial charge in [0.05, 0.1) is 19.0 Å². The lowest BCUT2D eigenvalue weighted by atomic mass is 10.0. The van der Waals surface area contributed by atoms with Crippen LogP contribution in [0.4, 0.5) is 23.1 Å². The van der Waals surface area contributed by atoms with Crippen LogP contribution in [-0.4, -0.2) is 79.1 Å². The first-order valence-electron chi connectivity index (χ1n) is 13.2. The number of hydrogen-bond acceptors (Lipinski definition) is 8. The summed E-state index contributed by atoms with van der Waals surface area (Å²) >= 11 is 0. The van der Waals surface area contributed by atoms with Crippen LogP contribution < -0.4 is 25.2 Å². The van der Waals surface area contributed by atoms with Gasteiger partial charge in [-0.15, -0.1) is 0 Å². The van der Waals surface area contributed by atoms with Crippen molar-refractivity contribution in [2.24, 2.45) is 0 Å². The number of methoxy groups -OCH3 is 1. The van der Waals surface area contributed by atoms with E-state index >= 15 is 0 Å². The standard InChI is InChI=1S/C27H37N7O3/c1-17-26(36)33(3)22-16-28-27(31-24(22)34(17)20-7-5-6-8-20)30-21-10-9-18(15-23(21)37-4)25(35)29-19-11-13-32(2)14-12-19/h9-10,15-17,19-20H,5-8,11-14H2,1-4H3,(H,29,35)(H,28,30,31)/t17-/m1/s1. The molecule has 5 rings (SSSR count). The molecule has 2 amide bonds. The lowest BCUT2D eigenvalue weighted by Gasteiger charge is -2.42. The lowest BCUT2D eigenvalue weighted by Crippen LogP contribution is -2.54. The van der Waals surface area contributed by atoms with Crippen molar-refractivity contribution in [1.29, 1.82) is 0 Å². The number of nitrogens with zero attached hydrogens (tertiary/aromatic N) is 5. The summed E-state index contributed by atoms with van der Waals surface area (Å²) in [7, 11) is 5.46. The number of carbonyl (C=O) groups is 2. The van der Waals surface area contributed by atoms with Gasteiger partial charge in [-0.2, -0.15) is 4.98 Å². The van der Waals surface area contributed by atoms with Crippen molar-refractivity contribution >= 4 is 35.0 Å². The van der Waals surface area contributed by atoms with Gasteiger partial charge in [0.25, 0.3) is 5.91 Å². The highest BCUT2D eigenvalue weighted by molar-refractivity contribution is 6.04. The fourth-order valence-electron chi connectivity index (χ4n) is 5.70. The third-order valence-electron chi connectivity index (χ3n) is 7.94. The Balaban J connectivity index is 1.36. The molecule has 10 heteroatoms. The molecule has 1 aliphatic carbocycles. The van der Waals surface area contributed by atoms with Crippen molar-refractivity contribution in [3.63, 3.8) is 0 Å². The summed E-state index contributed by atoms with van der Waals surface area (Å²) < 4.78 is 5.61. The maximum Gasteiger partial charge on any atom is 0.251 e. The summed E-state index contributed by atoms with van der Waals surface area (Å²) in [5.41, 5.74) is 1.93. The number of amides is 2. The summed E-state index contributed by atoms with van der Waals surface area (Å²) in [6, 6.07) is 5.55. The molecule has 1 aromatic heterocycles. The first kappa shape index (κ1) is 25.3. The second-order valence-electron chi connectivity index (χ2n) is 10.4. The number of rotatable bonds is 6. The van der Waals surface area contributed by atoms with Gasteiger partial charge in [-0.1, -0.05) is 12.8 Å². The van der Waals surface area contributed by atoms with E-state index in [1.54, 1.807) is 37.4 Å². The third-order valence-corrected chi connectivity index (χ3v) is 7.94. The van der Waals surface area contributed by atoms with Gasteiger partial charge in [-0.05, 0) is 70.9 Å². The second-order valence-corrected chi connectivity index (χ2v) is 10.4. The zero-order chi connectivity index (χ0) is 26.1. The molecule has 2 N–H and O–H groups in total. The normalized spacial score (nSPS) is 21.2. The Kier molecular flexibility index (Phi) is 7.19. The first-order valence-corrected chi connectivity index (χ1v) is 13.2. The van der Waals surface area contributed by atoms with Crippen LogP contribution in [0.5, 0.6) is 5.75 Å². The van der Waals surface area contributed by atoms with Crippen LogP contribution >= 0.6 is 0 Å². The zero-order valence-corrected chi connectivity index (χ0v) is 22.2. The summed E-state index contributed by atoms with van der Waals surface area (Å²) in [6.45, 7) is 3.92. The van der Waals surface area contributed by atoms with E-state index in [2.05, 4.69) is 32.5 Å². The number of ether oxygens (including phenoxy) is 1. The molecule has 1 atom stereocenters. The fourth-order valence-corrected chi connectivity index (χ4v) is 5.70. The number of anilines is 4. The number of benzene rings is 1. The molecule has 0 spiro atoms. The summed E-state index contributed by atoms with van der Waals surface area (Å²) in [4.78, 5) is 41.2. The molecule has 198 valence electrons. The van der Waals surface area contributed by atoms with E-state index < -0.39 is 0 Å². The largest absolute Gasteiger partial charge is 0.495 e. The van der Waals surface area contributed by atoms with E-state index in [0.717, 1.165) is 44.6 Å². The maximum absolute atomic E-state index is 12.9. The zero-order valence-electron chi connectivity index (χ0n) is 22.2. The first-order chi connectivity index (χ1) is 17.9. The van der Waals surface area contributed by atoms with Crippen molar-refractivity contribution in [2.75, 3.05) is 49.4 Å². The van der Waals surface area contributed by atoms with Gasteiger partial charge in [0.2, 0.25) is 11.9 Å². The summed E-state index contributed by atoms with van der Waals surface area (Å²) in [5, 5.41) is 6.41. The highest BCUT2D eigenvalue weighted by Crippen LogP contribution is 2.39. The van der Waals surface area contributed by atoms with Crippen molar-refractivity contribution < 1.29 is 14.3 Å². The summed E-state index contributed by atoms with van der Waals surface area (Å²) in [5.74, 6) is 1.68. The number of nitrogens with one attached hydrogen (secondary N) is 2. The minimum Gasteiger partial charge on any atom is -0.495 e. The number of piperidine rings is 1. The Morgan fingerprint density at radius 1 is 1.11 bits per heavy atom. The Morgan fingerprint density at radius 2 is 1.84 bits per heavy atom. The molecule has 1 saturated carbocycles. The molecule has 1 saturated heterocycles. The molecule has 2 aliphatic heterocycles. The van der Waals surface area contributed by atoms with E-state index in [1.165, 1.54) is 12.8 Å². The Labute approximate surface area is 218 Å². The van der Waals surface area contributed by atoms with Crippen LogP contribution in [0.2, 0.25) is 0 Å². The SMILES string of the molecule is COc1cc(C(=O)NC2CCN(C)CC2)ccc1Nc1ncc2c(n1)N(C1CCCC1)[C@H](C)C(=O)N2C. The van der Waals surface area contributed by atoms with Crippen LogP contribution in [0.3, 0.4) is 0 Å². The molecule has 37 heavy (non-hydrogen) atoms. The number of hydrogen-bond donors (Lipinski definition) is 2.